The molecule has 0 bridgehead atoms. The largest absolute Gasteiger partial charge is 0.492 e. The molecule has 9 heteroatoms. The first-order valence-electron chi connectivity index (χ1n) is 7.58. The second-order valence-corrected chi connectivity index (χ2v) is 7.29. The Morgan fingerprint density at radius 2 is 2.12 bits per heavy atom. The molecule has 2 N–H and O–H groups in total. The Morgan fingerprint density at radius 1 is 1.36 bits per heavy atom. The first-order valence-corrected chi connectivity index (χ1v) is 9.44. The predicted octanol–water partition coefficient (Wildman–Crippen LogP) is 2.31. The molecule has 0 aliphatic heterocycles. The van der Waals surface area contributed by atoms with E-state index < -0.39 is 22.0 Å². The molecule has 0 saturated heterocycles. The van der Waals surface area contributed by atoms with Gasteiger partial charge in [0, 0.05) is 0 Å². The van der Waals surface area contributed by atoms with Gasteiger partial charge >= 0.3 is 0 Å². The first-order chi connectivity index (χ1) is 11.8. The average molecular weight is 387 g/mol. The van der Waals surface area contributed by atoms with Crippen molar-refractivity contribution in [3.8, 4) is 5.75 Å². The molecule has 2 rings (SSSR count). The number of ether oxygens (including phenoxy) is 1. The van der Waals surface area contributed by atoms with Crippen LogP contribution in [0.5, 0.6) is 5.75 Å². The normalized spacial score (nSPS) is 12.6. The Hall–Kier alpha value is -2.03. The number of carbonyl (C=O) groups excluding carboxylic acids is 1. The fourth-order valence-electron chi connectivity index (χ4n) is 2.02. The minimum absolute atomic E-state index is 0.0494. The minimum atomic E-state index is -3.91. The molecule has 1 atom stereocenters. The van der Waals surface area contributed by atoms with Crippen LogP contribution in [-0.4, -0.2) is 27.0 Å². The van der Waals surface area contributed by atoms with Gasteiger partial charge in [0.25, 0.3) is 0 Å². The van der Waals surface area contributed by atoms with Gasteiger partial charge in [0.2, 0.25) is 15.9 Å². The summed E-state index contributed by atoms with van der Waals surface area (Å²) < 4.78 is 37.5. The lowest BCUT2D eigenvalue weighted by atomic mass is 10.3. The van der Waals surface area contributed by atoms with Gasteiger partial charge < -0.3 is 14.5 Å². The summed E-state index contributed by atoms with van der Waals surface area (Å²) in [4.78, 5) is 12.0. The van der Waals surface area contributed by atoms with Crippen LogP contribution in [0.15, 0.2) is 45.9 Å². The lowest BCUT2D eigenvalue weighted by Gasteiger charge is -2.15. The van der Waals surface area contributed by atoms with Gasteiger partial charge in [-0.25, -0.2) is 8.42 Å². The van der Waals surface area contributed by atoms with Crippen LogP contribution in [0.3, 0.4) is 0 Å². The number of amides is 1. The van der Waals surface area contributed by atoms with E-state index in [1.54, 1.807) is 19.1 Å². The molecular formula is C16H19ClN2O5S. The van der Waals surface area contributed by atoms with Gasteiger partial charge in [-0.15, -0.1) is 0 Å². The van der Waals surface area contributed by atoms with E-state index in [2.05, 4.69) is 10.0 Å². The summed E-state index contributed by atoms with van der Waals surface area (Å²) in [6, 6.07) is 6.56. The third kappa shape index (κ3) is 5.22. The number of hydrogen-bond acceptors (Lipinski definition) is 5. The molecule has 2 aromatic rings. The zero-order chi connectivity index (χ0) is 18.4. The number of benzene rings is 1. The summed E-state index contributed by atoms with van der Waals surface area (Å²) in [6.45, 7) is 3.83. The third-order valence-electron chi connectivity index (χ3n) is 3.26. The zero-order valence-corrected chi connectivity index (χ0v) is 15.4. The topological polar surface area (TPSA) is 97.6 Å². The van der Waals surface area contributed by atoms with E-state index in [4.69, 9.17) is 20.8 Å². The summed E-state index contributed by atoms with van der Waals surface area (Å²) in [5.41, 5.74) is 0. The molecular weight excluding hydrogens is 368 g/mol. The van der Waals surface area contributed by atoms with Crippen molar-refractivity contribution in [1.82, 2.24) is 10.0 Å². The highest BCUT2D eigenvalue weighted by Gasteiger charge is 2.23. The van der Waals surface area contributed by atoms with Crippen molar-refractivity contribution in [2.24, 2.45) is 0 Å². The van der Waals surface area contributed by atoms with Crippen LogP contribution in [0.4, 0.5) is 0 Å². The van der Waals surface area contributed by atoms with E-state index in [9.17, 15) is 13.2 Å². The maximum Gasteiger partial charge on any atom is 0.241 e. The quantitative estimate of drug-likeness (QED) is 0.725. The molecule has 1 aromatic carbocycles. The van der Waals surface area contributed by atoms with Gasteiger partial charge in [-0.05, 0) is 44.2 Å². The van der Waals surface area contributed by atoms with Crippen molar-refractivity contribution in [2.75, 3.05) is 6.61 Å². The fraction of sp³-hybridized carbons (Fsp3) is 0.312. The molecule has 1 heterocycles. The number of hydrogen-bond donors (Lipinski definition) is 2. The maximum absolute atomic E-state index is 12.4. The fourth-order valence-corrected chi connectivity index (χ4v) is 3.54. The van der Waals surface area contributed by atoms with Crippen molar-refractivity contribution < 1.29 is 22.4 Å². The van der Waals surface area contributed by atoms with Crippen molar-refractivity contribution in [3.63, 3.8) is 0 Å². The van der Waals surface area contributed by atoms with E-state index in [1.807, 2.05) is 0 Å². The van der Waals surface area contributed by atoms with Crippen molar-refractivity contribution in [1.29, 1.82) is 0 Å². The van der Waals surface area contributed by atoms with Crippen LogP contribution in [0.1, 0.15) is 19.6 Å². The Morgan fingerprint density at radius 3 is 2.72 bits per heavy atom. The molecule has 25 heavy (non-hydrogen) atoms. The summed E-state index contributed by atoms with van der Waals surface area (Å²) >= 11 is 6.01. The highest BCUT2D eigenvalue weighted by molar-refractivity contribution is 7.89. The monoisotopic (exact) mass is 386 g/mol. The van der Waals surface area contributed by atoms with Crippen LogP contribution in [0.25, 0.3) is 0 Å². The molecule has 0 fully saturated rings. The number of halogens is 1. The lowest BCUT2D eigenvalue weighted by molar-refractivity contribution is -0.122. The smallest absolute Gasteiger partial charge is 0.241 e. The van der Waals surface area contributed by atoms with Crippen molar-refractivity contribution in [3.05, 3.63) is 47.4 Å². The Bertz CT molecular complexity index is 821. The number of nitrogens with one attached hydrogen (secondary N) is 2. The van der Waals surface area contributed by atoms with Gasteiger partial charge in [0.15, 0.2) is 0 Å². The summed E-state index contributed by atoms with van der Waals surface area (Å²) in [7, 11) is -3.91. The van der Waals surface area contributed by atoms with Crippen LogP contribution in [0.2, 0.25) is 5.02 Å². The zero-order valence-electron chi connectivity index (χ0n) is 13.8. The van der Waals surface area contributed by atoms with Crippen LogP contribution in [0, 0.1) is 0 Å². The van der Waals surface area contributed by atoms with Crippen molar-refractivity contribution >= 4 is 27.5 Å². The average Bonchev–Trinajstić information content (AvgIpc) is 3.07. The summed E-state index contributed by atoms with van der Waals surface area (Å²) in [6.07, 6.45) is 1.49. The number of rotatable bonds is 8. The Kier molecular flexibility index (Phi) is 6.46. The van der Waals surface area contributed by atoms with Gasteiger partial charge in [-0.3, -0.25) is 4.79 Å². The van der Waals surface area contributed by atoms with E-state index in [0.717, 1.165) is 0 Å². The SMILES string of the molecule is CCOc1ccc(S(=O)(=O)N[C@H](C)C(=O)NCc2ccco2)cc1Cl. The predicted molar refractivity (Wildman–Crippen MR) is 93.0 cm³/mol. The highest BCUT2D eigenvalue weighted by atomic mass is 35.5. The van der Waals surface area contributed by atoms with E-state index in [0.29, 0.717) is 18.1 Å². The molecule has 7 nitrogen and oxygen atoms in total. The molecule has 0 unspecified atom stereocenters. The van der Waals surface area contributed by atoms with Gasteiger partial charge in [-0.2, -0.15) is 4.72 Å². The Labute approximate surface area is 151 Å². The second-order valence-electron chi connectivity index (χ2n) is 5.17. The molecule has 0 aliphatic rings. The molecule has 0 saturated carbocycles. The molecule has 0 spiro atoms. The van der Waals surface area contributed by atoms with E-state index in [1.165, 1.54) is 31.4 Å². The molecule has 0 aliphatic carbocycles. The molecule has 136 valence electrons. The summed E-state index contributed by atoms with van der Waals surface area (Å²) in [5.74, 6) is 0.492. The van der Waals surface area contributed by atoms with Gasteiger partial charge in [0.05, 0.1) is 35.4 Å². The van der Waals surface area contributed by atoms with Crippen molar-refractivity contribution in [2.45, 2.75) is 31.3 Å². The van der Waals surface area contributed by atoms with E-state index >= 15 is 0 Å². The second kappa shape index (κ2) is 8.37. The molecule has 0 radical (unpaired) electrons. The Balaban J connectivity index is 2.01. The minimum Gasteiger partial charge on any atom is -0.492 e. The number of carbonyl (C=O) groups is 1. The summed E-state index contributed by atoms with van der Waals surface area (Å²) in [5, 5.41) is 2.77. The molecule has 1 amide bonds. The van der Waals surface area contributed by atoms with Gasteiger partial charge in [0.1, 0.15) is 11.5 Å². The van der Waals surface area contributed by atoms with Crippen LogP contribution in [-0.2, 0) is 21.4 Å². The van der Waals surface area contributed by atoms with Crippen LogP contribution >= 0.6 is 11.6 Å². The maximum atomic E-state index is 12.4. The number of sulfonamides is 1. The van der Waals surface area contributed by atoms with E-state index in [-0.39, 0.29) is 16.5 Å². The standard InChI is InChI=1S/C16H19ClN2O5S/c1-3-23-15-7-6-13(9-14(15)17)25(21,22)19-11(2)16(20)18-10-12-5-4-8-24-12/h4-9,11,19H,3,10H2,1-2H3,(H,18,20)/t11-/m1/s1. The lowest BCUT2D eigenvalue weighted by Crippen LogP contribution is -2.44. The molecule has 1 aromatic heterocycles. The highest BCUT2D eigenvalue weighted by Crippen LogP contribution is 2.27. The number of furan rings is 1. The van der Waals surface area contributed by atoms with Gasteiger partial charge in [-0.1, -0.05) is 11.6 Å². The third-order valence-corrected chi connectivity index (χ3v) is 5.09. The van der Waals surface area contributed by atoms with Crippen LogP contribution < -0.4 is 14.8 Å². The first kappa shape index (κ1) is 19.3.